The normalized spacial score (nSPS) is 62.0. The van der Waals surface area contributed by atoms with Crippen molar-refractivity contribution in [3.05, 3.63) is 12.2 Å². The van der Waals surface area contributed by atoms with Crippen LogP contribution in [-0.2, 0) is 23.8 Å². The first-order valence-corrected chi connectivity index (χ1v) is 7.26. The molecule has 6 nitrogen and oxygen atoms in total. The molecule has 21 heavy (non-hydrogen) atoms. The Kier molecular flexibility index (Phi) is 1.68. The summed E-state index contributed by atoms with van der Waals surface area (Å²) in [6, 6.07) is 0. The van der Waals surface area contributed by atoms with E-state index in [1.165, 1.54) is 0 Å². The van der Waals surface area contributed by atoms with Crippen molar-refractivity contribution < 1.29 is 28.9 Å². The van der Waals surface area contributed by atoms with E-state index in [9.17, 15) is 14.7 Å². The number of carbonyl (C=O) groups is 2. The molecule has 5 fully saturated rings. The average Bonchev–Trinajstić information content (AvgIpc) is 2.86. The average molecular weight is 292 g/mol. The van der Waals surface area contributed by atoms with Crippen molar-refractivity contribution in [3.8, 4) is 0 Å². The van der Waals surface area contributed by atoms with Crippen LogP contribution in [0.1, 0.15) is 20.3 Å². The Hall–Kier alpha value is -1.40. The van der Waals surface area contributed by atoms with Crippen LogP contribution in [0.15, 0.2) is 12.2 Å². The van der Waals surface area contributed by atoms with E-state index in [0.29, 0.717) is 0 Å². The molecule has 0 aromatic carbocycles. The van der Waals surface area contributed by atoms with Gasteiger partial charge in [-0.15, -0.1) is 0 Å². The summed E-state index contributed by atoms with van der Waals surface area (Å²) in [6.07, 6.45) is -1.34. The molecule has 3 aliphatic heterocycles. The highest BCUT2D eigenvalue weighted by molar-refractivity contribution is 5.91. The predicted octanol–water partition coefficient (Wildman–Crippen LogP) is -0.0620. The topological polar surface area (TPSA) is 85.4 Å². The number of carbonyl (C=O) groups excluding carboxylic acids is 2. The van der Waals surface area contributed by atoms with Gasteiger partial charge in [0, 0.05) is 12.3 Å². The summed E-state index contributed by atoms with van der Waals surface area (Å²) in [5, 5.41) is 11.4. The number of fused-ring (bicyclic) bond motifs is 4. The van der Waals surface area contributed by atoms with Gasteiger partial charge in [-0.3, -0.25) is 4.79 Å². The molecule has 0 radical (unpaired) electrons. The minimum absolute atomic E-state index is 0.269. The molecule has 6 heteroatoms. The van der Waals surface area contributed by atoms with Gasteiger partial charge in [0.05, 0.1) is 16.9 Å². The molecule has 1 spiro atoms. The van der Waals surface area contributed by atoms with Gasteiger partial charge in [0.2, 0.25) is 5.60 Å². The standard InChI is InChI=1S/C15H16O6/c1-5(2)7-8-11(16)19-9(7)10-13(3)14(8,18)4-6-15(13,21-6)12(17)20-10/h6-10,18H,1,4H2,2-3H3/t6-,7-,8-,9-,10-,13+,14-,15+/m1/s1. The molecule has 112 valence electrons. The molecule has 2 aliphatic carbocycles. The van der Waals surface area contributed by atoms with E-state index in [2.05, 4.69) is 6.58 Å². The number of ether oxygens (including phenoxy) is 3. The summed E-state index contributed by atoms with van der Waals surface area (Å²) in [4.78, 5) is 24.7. The summed E-state index contributed by atoms with van der Waals surface area (Å²) in [7, 11) is 0. The number of hydrogen-bond acceptors (Lipinski definition) is 6. The van der Waals surface area contributed by atoms with Crippen molar-refractivity contribution in [2.45, 2.75) is 49.8 Å². The first-order valence-electron chi connectivity index (χ1n) is 7.26. The van der Waals surface area contributed by atoms with Crippen LogP contribution in [-0.4, -0.2) is 46.6 Å². The fourth-order valence-corrected chi connectivity index (χ4v) is 5.59. The molecule has 3 heterocycles. The van der Waals surface area contributed by atoms with Crippen LogP contribution in [0.5, 0.6) is 0 Å². The van der Waals surface area contributed by atoms with Crippen LogP contribution in [0.3, 0.4) is 0 Å². The van der Waals surface area contributed by atoms with Crippen molar-refractivity contribution >= 4 is 11.9 Å². The summed E-state index contributed by atoms with van der Waals surface area (Å²) in [5.41, 5.74) is -2.60. The lowest BCUT2D eigenvalue weighted by Crippen LogP contribution is -2.66. The quantitative estimate of drug-likeness (QED) is 0.414. The fraction of sp³-hybridized carbons (Fsp3) is 0.733. The lowest BCUT2D eigenvalue weighted by atomic mass is 9.53. The summed E-state index contributed by atoms with van der Waals surface area (Å²) in [5.74, 6) is -1.86. The van der Waals surface area contributed by atoms with Gasteiger partial charge in [0.1, 0.15) is 12.2 Å². The van der Waals surface area contributed by atoms with E-state index in [1.807, 2.05) is 6.92 Å². The number of esters is 2. The summed E-state index contributed by atoms with van der Waals surface area (Å²) < 4.78 is 16.6. The van der Waals surface area contributed by atoms with Gasteiger partial charge < -0.3 is 19.3 Å². The monoisotopic (exact) mass is 292 g/mol. The second-order valence-electron chi connectivity index (χ2n) is 7.25. The van der Waals surface area contributed by atoms with Crippen molar-refractivity contribution in [1.29, 1.82) is 0 Å². The molecule has 0 unspecified atom stereocenters. The summed E-state index contributed by atoms with van der Waals surface area (Å²) >= 11 is 0. The zero-order valence-corrected chi connectivity index (χ0v) is 11.8. The first kappa shape index (κ1) is 12.2. The molecule has 0 amide bonds. The zero-order chi connectivity index (χ0) is 14.9. The fourth-order valence-electron chi connectivity index (χ4n) is 5.59. The van der Waals surface area contributed by atoms with Gasteiger partial charge in [-0.1, -0.05) is 12.2 Å². The van der Waals surface area contributed by atoms with E-state index < -0.39 is 46.7 Å². The van der Waals surface area contributed by atoms with Gasteiger partial charge in [0.15, 0.2) is 6.10 Å². The van der Waals surface area contributed by atoms with Gasteiger partial charge in [-0.2, -0.15) is 0 Å². The lowest BCUT2D eigenvalue weighted by molar-refractivity contribution is -0.195. The second kappa shape index (κ2) is 2.90. The maximum Gasteiger partial charge on any atom is 0.342 e. The number of aliphatic hydroxyl groups is 1. The molecule has 0 aromatic rings. The van der Waals surface area contributed by atoms with Gasteiger partial charge >= 0.3 is 11.9 Å². The van der Waals surface area contributed by atoms with Crippen LogP contribution in [0.2, 0.25) is 0 Å². The first-order chi connectivity index (χ1) is 9.79. The molecular weight excluding hydrogens is 276 g/mol. The Morgan fingerprint density at radius 2 is 2.10 bits per heavy atom. The molecule has 3 saturated heterocycles. The highest BCUT2D eigenvalue weighted by atomic mass is 16.7. The zero-order valence-electron chi connectivity index (χ0n) is 11.8. The van der Waals surface area contributed by atoms with Crippen LogP contribution < -0.4 is 0 Å². The minimum Gasteiger partial charge on any atom is -0.457 e. The molecular formula is C15H16O6. The third-order valence-corrected chi connectivity index (χ3v) is 6.60. The van der Waals surface area contributed by atoms with E-state index in [0.717, 1.165) is 5.57 Å². The Balaban J connectivity index is 1.78. The van der Waals surface area contributed by atoms with Crippen LogP contribution in [0.4, 0.5) is 0 Å². The molecule has 0 aromatic heterocycles. The van der Waals surface area contributed by atoms with Gasteiger partial charge in [0.25, 0.3) is 0 Å². The molecule has 5 aliphatic rings. The van der Waals surface area contributed by atoms with E-state index in [4.69, 9.17) is 14.2 Å². The largest absolute Gasteiger partial charge is 0.457 e. The number of hydrogen-bond donors (Lipinski definition) is 1. The lowest BCUT2D eigenvalue weighted by Gasteiger charge is -2.51. The molecule has 2 saturated carbocycles. The molecule has 1 N–H and O–H groups in total. The Labute approximate surface area is 121 Å². The number of epoxide rings is 1. The molecule has 2 bridgehead atoms. The Bertz CT molecular complexity index is 642. The van der Waals surface area contributed by atoms with Gasteiger partial charge in [-0.05, 0) is 13.8 Å². The van der Waals surface area contributed by atoms with Crippen molar-refractivity contribution in [2.75, 3.05) is 0 Å². The predicted molar refractivity (Wildman–Crippen MR) is 66.8 cm³/mol. The van der Waals surface area contributed by atoms with Crippen LogP contribution >= 0.6 is 0 Å². The second-order valence-corrected chi connectivity index (χ2v) is 7.25. The summed E-state index contributed by atoms with van der Waals surface area (Å²) in [6.45, 7) is 7.55. The van der Waals surface area contributed by atoms with Crippen LogP contribution in [0, 0.1) is 17.3 Å². The van der Waals surface area contributed by atoms with Crippen molar-refractivity contribution in [1.82, 2.24) is 0 Å². The minimum atomic E-state index is -1.35. The Morgan fingerprint density at radius 1 is 1.38 bits per heavy atom. The third kappa shape index (κ3) is 0.874. The van der Waals surface area contributed by atoms with E-state index in [-0.39, 0.29) is 18.4 Å². The highest BCUT2D eigenvalue weighted by Crippen LogP contribution is 2.76. The molecule has 5 rings (SSSR count). The highest BCUT2D eigenvalue weighted by Gasteiger charge is 2.95. The van der Waals surface area contributed by atoms with Crippen molar-refractivity contribution in [3.63, 3.8) is 0 Å². The van der Waals surface area contributed by atoms with Crippen LogP contribution in [0.25, 0.3) is 0 Å². The maximum atomic E-state index is 12.3. The molecule has 8 atom stereocenters. The third-order valence-electron chi connectivity index (χ3n) is 6.60. The number of rotatable bonds is 1. The van der Waals surface area contributed by atoms with Crippen molar-refractivity contribution in [2.24, 2.45) is 17.3 Å². The van der Waals surface area contributed by atoms with E-state index >= 15 is 0 Å². The maximum absolute atomic E-state index is 12.3. The van der Waals surface area contributed by atoms with E-state index in [1.54, 1.807) is 6.92 Å². The smallest absolute Gasteiger partial charge is 0.342 e. The SMILES string of the molecule is C=C(C)[C@H]1[C@H]2OC(=O)[C@@H]1[C@]1(O)C[C@H]3O[C@]34C(=O)O[C@H]2[C@@]14C. The Morgan fingerprint density at radius 3 is 2.76 bits per heavy atom. The van der Waals surface area contributed by atoms with Gasteiger partial charge in [-0.25, -0.2) is 4.79 Å².